The number of hydrogen-bond donors (Lipinski definition) is 6. The second-order valence-electron chi connectivity index (χ2n) is 6.34. The van der Waals surface area contributed by atoms with Gasteiger partial charge in [-0.1, -0.05) is 11.8 Å². The molecule has 19 heteroatoms. The number of imidazole rings is 1. The van der Waals surface area contributed by atoms with Crippen LogP contribution in [0, 0.1) is 0 Å². The maximum Gasteiger partial charge on any atom is 0.443 e. The molecule has 3 rings (SSSR count). The molecule has 0 amide bonds. The van der Waals surface area contributed by atoms with Crippen molar-refractivity contribution in [2.24, 2.45) is 0 Å². The molecule has 1 saturated heterocycles. The first-order valence-corrected chi connectivity index (χ1v) is 12.6. The Bertz CT molecular complexity index is 1080. The fourth-order valence-corrected chi connectivity index (χ4v) is 5.07. The molecule has 1 fully saturated rings. The van der Waals surface area contributed by atoms with Crippen molar-refractivity contribution in [3.63, 3.8) is 0 Å². The molecule has 2 aromatic heterocycles. The smallest absolute Gasteiger partial charge is 0.387 e. The fourth-order valence-electron chi connectivity index (χ4n) is 2.71. The zero-order valence-corrected chi connectivity index (χ0v) is 18.0. The summed E-state index contributed by atoms with van der Waals surface area (Å²) in [6, 6.07) is 0. The number of ether oxygens (including phenoxy) is 1. The molecule has 1 aliphatic heterocycles. The summed E-state index contributed by atoms with van der Waals surface area (Å²) >= 11 is 1.16. The number of aliphatic hydroxyl groups excluding tert-OH is 2. The molecule has 0 spiro atoms. The average molecular weight is 507 g/mol. The van der Waals surface area contributed by atoms with Crippen molar-refractivity contribution in [1.82, 2.24) is 19.5 Å². The van der Waals surface area contributed by atoms with Crippen LogP contribution in [0.25, 0.3) is 11.2 Å². The van der Waals surface area contributed by atoms with Gasteiger partial charge in [-0.05, 0) is 6.26 Å². The number of fused-ring (bicyclic) bond motifs is 1. The van der Waals surface area contributed by atoms with Gasteiger partial charge in [0.25, 0.3) is 0 Å². The van der Waals surface area contributed by atoms with Crippen molar-refractivity contribution >= 4 is 43.9 Å². The third-order valence-corrected chi connectivity index (χ3v) is 8.29. The zero-order chi connectivity index (χ0) is 23.4. The second kappa shape index (κ2) is 8.26. The van der Waals surface area contributed by atoms with Crippen LogP contribution in [0.15, 0.2) is 11.5 Å². The third-order valence-electron chi connectivity index (χ3n) is 4.33. The van der Waals surface area contributed by atoms with Crippen molar-refractivity contribution in [3.05, 3.63) is 6.33 Å². The number of nitrogen functional groups attached to an aromatic ring is 1. The van der Waals surface area contributed by atoms with Gasteiger partial charge in [0, 0.05) is 0 Å². The molecule has 31 heavy (non-hydrogen) atoms. The summed E-state index contributed by atoms with van der Waals surface area (Å²) in [5.41, 5.74) is 6.08. The molecule has 0 aromatic carbocycles. The number of nitrogens with zero attached hydrogens (tertiary/aromatic N) is 4. The number of nitrogens with two attached hydrogens (primary N) is 1. The number of aliphatic hydroxyl groups is 2. The molecule has 0 bridgehead atoms. The van der Waals surface area contributed by atoms with Gasteiger partial charge in [0.2, 0.25) is 0 Å². The predicted octanol–water partition coefficient (Wildman–Crippen LogP) is -0.320. The molecule has 3 heterocycles. The van der Waals surface area contributed by atoms with Gasteiger partial charge in [0.15, 0.2) is 22.8 Å². The Morgan fingerprint density at radius 2 is 1.94 bits per heavy atom. The molecule has 0 radical (unpaired) electrons. The molecule has 0 aliphatic carbocycles. The Morgan fingerprint density at radius 1 is 1.29 bits per heavy atom. The predicted molar refractivity (Wildman–Crippen MR) is 100 cm³/mol. The van der Waals surface area contributed by atoms with E-state index in [-0.39, 0.29) is 22.1 Å². The van der Waals surface area contributed by atoms with Gasteiger partial charge in [-0.3, -0.25) is 13.7 Å². The number of halogens is 2. The van der Waals surface area contributed by atoms with E-state index >= 15 is 0 Å². The first kappa shape index (κ1) is 24.4. The average Bonchev–Trinajstić information content (AvgIpc) is 3.21. The standard InChI is InChI=1S/C12H17F2N5O9P2S/c1-31-11-17-8(15)5-9(18-11)19(3-16-5)10-7(21)6(20)4(28-10)2-27-30(25,26)12(13,14)29(22,23)24/h3-4,6-7,10,20-21H,2H2,1H3,(H,25,26)(H2,15,17,18)(H2,22,23,24). The highest BCUT2D eigenvalue weighted by Gasteiger charge is 2.65. The number of hydrogen-bond acceptors (Lipinski definition) is 11. The molecule has 7 N–H and O–H groups in total. The lowest BCUT2D eigenvalue weighted by atomic mass is 10.1. The largest absolute Gasteiger partial charge is 0.443 e. The minimum Gasteiger partial charge on any atom is -0.387 e. The summed E-state index contributed by atoms with van der Waals surface area (Å²) < 4.78 is 60.2. The molecule has 0 saturated carbocycles. The van der Waals surface area contributed by atoms with E-state index in [1.807, 2.05) is 0 Å². The Labute approximate surface area is 176 Å². The van der Waals surface area contributed by atoms with Crippen LogP contribution in [-0.4, -0.2) is 81.0 Å². The number of aromatic nitrogens is 4. The molecule has 5 atom stereocenters. The van der Waals surface area contributed by atoms with Crippen LogP contribution in [0.2, 0.25) is 0 Å². The molecule has 2 aromatic rings. The zero-order valence-electron chi connectivity index (χ0n) is 15.4. The van der Waals surface area contributed by atoms with Crippen LogP contribution >= 0.6 is 27.0 Å². The van der Waals surface area contributed by atoms with E-state index < -0.39 is 51.7 Å². The van der Waals surface area contributed by atoms with Gasteiger partial charge in [0.1, 0.15) is 23.8 Å². The van der Waals surface area contributed by atoms with Crippen molar-refractivity contribution in [2.45, 2.75) is 35.1 Å². The Kier molecular flexibility index (Phi) is 6.50. The SMILES string of the molecule is CSc1nc(N)c2ncn(C3OC(COP(=O)(O)C(F)(F)P(=O)(O)O)C(O)C3O)c2n1. The Balaban J connectivity index is 1.83. The Hall–Kier alpha value is -1.26. The van der Waals surface area contributed by atoms with E-state index in [2.05, 4.69) is 19.5 Å². The molecule has 14 nitrogen and oxygen atoms in total. The van der Waals surface area contributed by atoms with E-state index in [4.69, 9.17) is 20.3 Å². The number of anilines is 1. The van der Waals surface area contributed by atoms with Crippen LogP contribution in [0.5, 0.6) is 0 Å². The summed E-state index contributed by atoms with van der Waals surface area (Å²) in [4.78, 5) is 38.7. The summed E-state index contributed by atoms with van der Waals surface area (Å²) in [7, 11) is -12.5. The molecule has 174 valence electrons. The summed E-state index contributed by atoms with van der Waals surface area (Å²) in [6.45, 7) is -1.20. The highest BCUT2D eigenvalue weighted by atomic mass is 32.2. The van der Waals surface area contributed by atoms with Crippen LogP contribution in [0.1, 0.15) is 6.23 Å². The van der Waals surface area contributed by atoms with Crippen LogP contribution < -0.4 is 5.73 Å². The minimum atomic E-state index is -6.34. The van der Waals surface area contributed by atoms with Crippen molar-refractivity contribution < 1.29 is 52.1 Å². The van der Waals surface area contributed by atoms with Crippen LogP contribution in [0.4, 0.5) is 14.6 Å². The van der Waals surface area contributed by atoms with Gasteiger partial charge < -0.3 is 39.9 Å². The first-order chi connectivity index (χ1) is 14.2. The Morgan fingerprint density at radius 3 is 2.52 bits per heavy atom. The maximum atomic E-state index is 13.5. The lowest BCUT2D eigenvalue weighted by molar-refractivity contribution is -0.0507. The summed E-state index contributed by atoms with van der Waals surface area (Å²) in [6.07, 6.45) is -3.61. The monoisotopic (exact) mass is 507 g/mol. The first-order valence-electron chi connectivity index (χ1n) is 8.17. The fraction of sp³-hybridized carbons (Fsp3) is 0.583. The maximum absolute atomic E-state index is 13.5. The van der Waals surface area contributed by atoms with Gasteiger partial charge in [-0.25, -0.2) is 15.0 Å². The van der Waals surface area contributed by atoms with Crippen LogP contribution in [-0.2, 0) is 18.4 Å². The van der Waals surface area contributed by atoms with Crippen molar-refractivity contribution in [1.29, 1.82) is 0 Å². The van der Waals surface area contributed by atoms with E-state index in [9.17, 15) is 33.0 Å². The second-order valence-corrected chi connectivity index (χ2v) is 11.0. The molecular formula is C12H17F2N5O9P2S. The lowest BCUT2D eigenvalue weighted by Gasteiger charge is -2.24. The van der Waals surface area contributed by atoms with Gasteiger partial charge in [-0.15, -0.1) is 0 Å². The number of thioether (sulfide) groups is 1. The normalized spacial score (nSPS) is 27.0. The quantitative estimate of drug-likeness (QED) is 0.161. The van der Waals surface area contributed by atoms with Crippen molar-refractivity contribution in [3.8, 4) is 0 Å². The van der Waals surface area contributed by atoms with Gasteiger partial charge in [-0.2, -0.15) is 8.78 Å². The van der Waals surface area contributed by atoms with Crippen LogP contribution in [0.3, 0.4) is 0 Å². The summed E-state index contributed by atoms with van der Waals surface area (Å²) in [5, 5.41) is 15.3. The highest BCUT2D eigenvalue weighted by molar-refractivity contribution is 7.98. The lowest BCUT2D eigenvalue weighted by Crippen LogP contribution is -2.34. The van der Waals surface area contributed by atoms with Gasteiger partial charge in [0.05, 0.1) is 12.9 Å². The van der Waals surface area contributed by atoms with Gasteiger partial charge >= 0.3 is 20.6 Å². The minimum absolute atomic E-state index is 0.0295. The topological polar surface area (TPSA) is 223 Å². The van der Waals surface area contributed by atoms with E-state index in [0.717, 1.165) is 11.8 Å². The highest BCUT2D eigenvalue weighted by Crippen LogP contribution is 2.73. The summed E-state index contributed by atoms with van der Waals surface area (Å²) in [5.74, 6) is 0.0295. The van der Waals surface area contributed by atoms with E-state index in [1.54, 1.807) is 6.26 Å². The molecule has 1 aliphatic rings. The van der Waals surface area contributed by atoms with E-state index in [0.29, 0.717) is 0 Å². The molecule has 5 unspecified atom stereocenters. The number of rotatable bonds is 7. The van der Waals surface area contributed by atoms with Crippen molar-refractivity contribution in [2.75, 3.05) is 18.6 Å². The molecular weight excluding hydrogens is 490 g/mol. The third kappa shape index (κ3) is 4.23. The van der Waals surface area contributed by atoms with E-state index in [1.165, 1.54) is 10.9 Å². The number of alkyl halides is 2.